The number of aryl methyl sites for hydroxylation is 1. The van der Waals surface area contributed by atoms with Crippen molar-refractivity contribution in [2.45, 2.75) is 57.9 Å². The van der Waals surface area contributed by atoms with Gasteiger partial charge in [-0.2, -0.15) is 5.10 Å². The van der Waals surface area contributed by atoms with Crippen LogP contribution in [0.3, 0.4) is 0 Å². The highest BCUT2D eigenvalue weighted by atomic mass is 16.5. The highest BCUT2D eigenvalue weighted by Crippen LogP contribution is 2.44. The van der Waals surface area contributed by atoms with Crippen LogP contribution in [0.4, 0.5) is 5.82 Å². The van der Waals surface area contributed by atoms with Gasteiger partial charge < -0.3 is 14.8 Å². The van der Waals surface area contributed by atoms with E-state index in [1.54, 1.807) is 7.11 Å². The zero-order valence-corrected chi connectivity index (χ0v) is 16.2. The Kier molecular flexibility index (Phi) is 4.81. The van der Waals surface area contributed by atoms with Crippen LogP contribution in [0.15, 0.2) is 18.2 Å². The number of carbonyl (C=O) groups excluding carboxylic acids is 1. The predicted molar refractivity (Wildman–Crippen MR) is 104 cm³/mol. The molecular weight excluding hydrogens is 342 g/mol. The van der Waals surface area contributed by atoms with E-state index < -0.39 is 0 Å². The van der Waals surface area contributed by atoms with Crippen molar-refractivity contribution < 1.29 is 14.3 Å². The fourth-order valence-electron chi connectivity index (χ4n) is 4.45. The van der Waals surface area contributed by atoms with Crippen molar-refractivity contribution >= 4 is 11.7 Å². The zero-order chi connectivity index (χ0) is 19.0. The number of aromatic nitrogens is 2. The first-order valence-corrected chi connectivity index (χ1v) is 9.82. The first-order chi connectivity index (χ1) is 13.1. The van der Waals surface area contributed by atoms with Gasteiger partial charge in [-0.1, -0.05) is 18.9 Å². The number of carbonyl (C=O) groups is 1. The Morgan fingerprint density at radius 3 is 2.74 bits per heavy atom. The van der Waals surface area contributed by atoms with E-state index in [-0.39, 0.29) is 11.8 Å². The Labute approximate surface area is 159 Å². The molecule has 2 heterocycles. The summed E-state index contributed by atoms with van der Waals surface area (Å²) in [5, 5.41) is 7.91. The number of benzene rings is 1. The lowest BCUT2D eigenvalue weighted by Crippen LogP contribution is -2.26. The van der Waals surface area contributed by atoms with Gasteiger partial charge in [0.25, 0.3) is 0 Å². The lowest BCUT2D eigenvalue weighted by Gasteiger charge is -2.26. The van der Waals surface area contributed by atoms with Gasteiger partial charge in [0.2, 0.25) is 5.91 Å². The molecule has 0 radical (unpaired) electrons. The maximum Gasteiger partial charge on any atom is 0.226 e. The molecule has 0 bridgehead atoms. The third-order valence-electron chi connectivity index (χ3n) is 5.69. The van der Waals surface area contributed by atoms with E-state index >= 15 is 0 Å². The lowest BCUT2D eigenvalue weighted by atomic mass is 9.85. The molecule has 1 aliphatic carbocycles. The Morgan fingerprint density at radius 1 is 1.26 bits per heavy atom. The second kappa shape index (κ2) is 7.25. The largest absolute Gasteiger partial charge is 0.493 e. The van der Waals surface area contributed by atoms with E-state index in [1.165, 1.54) is 12.8 Å². The number of ether oxygens (including phenoxy) is 2. The van der Waals surface area contributed by atoms with Gasteiger partial charge in [-0.3, -0.25) is 4.79 Å². The summed E-state index contributed by atoms with van der Waals surface area (Å²) < 4.78 is 13.2. The highest BCUT2D eigenvalue weighted by Gasteiger charge is 2.34. The first-order valence-electron chi connectivity index (χ1n) is 9.82. The minimum Gasteiger partial charge on any atom is -0.493 e. The molecule has 1 aromatic heterocycles. The van der Waals surface area contributed by atoms with E-state index in [2.05, 4.69) is 10.00 Å². The fraction of sp³-hybridized carbons (Fsp3) is 0.524. The second-order valence-corrected chi connectivity index (χ2v) is 7.38. The third-order valence-corrected chi connectivity index (χ3v) is 5.69. The van der Waals surface area contributed by atoms with E-state index in [1.807, 2.05) is 32.0 Å². The molecule has 0 spiro atoms. The molecule has 4 rings (SSSR count). The van der Waals surface area contributed by atoms with Crippen LogP contribution in [0.2, 0.25) is 0 Å². The highest BCUT2D eigenvalue weighted by molar-refractivity contribution is 5.94. The molecule has 1 amide bonds. The number of anilines is 1. The molecular formula is C21H27N3O3. The average molecular weight is 369 g/mol. The van der Waals surface area contributed by atoms with Gasteiger partial charge in [0, 0.05) is 17.9 Å². The van der Waals surface area contributed by atoms with Crippen LogP contribution in [0.1, 0.15) is 67.8 Å². The molecule has 1 fully saturated rings. The number of hydrogen-bond acceptors (Lipinski definition) is 4. The van der Waals surface area contributed by atoms with Gasteiger partial charge >= 0.3 is 0 Å². The van der Waals surface area contributed by atoms with Crippen molar-refractivity contribution in [2.75, 3.05) is 19.0 Å². The third kappa shape index (κ3) is 3.17. The molecule has 1 aliphatic heterocycles. The van der Waals surface area contributed by atoms with Gasteiger partial charge in [0.1, 0.15) is 5.82 Å². The quantitative estimate of drug-likeness (QED) is 0.858. The summed E-state index contributed by atoms with van der Waals surface area (Å²) in [6.07, 6.45) is 5.13. The maximum absolute atomic E-state index is 12.5. The number of nitrogens with one attached hydrogen (secondary N) is 1. The molecule has 1 atom stereocenters. The summed E-state index contributed by atoms with van der Waals surface area (Å²) in [7, 11) is 1.64. The van der Waals surface area contributed by atoms with Crippen molar-refractivity contribution in [2.24, 2.45) is 0 Å². The normalized spacial score (nSPS) is 19.7. The smallest absolute Gasteiger partial charge is 0.226 e. The van der Waals surface area contributed by atoms with Crippen LogP contribution in [0, 0.1) is 6.92 Å². The van der Waals surface area contributed by atoms with Crippen molar-refractivity contribution in [3.8, 4) is 11.5 Å². The van der Waals surface area contributed by atoms with Crippen LogP contribution >= 0.6 is 0 Å². The Bertz CT molecular complexity index is 853. The van der Waals surface area contributed by atoms with Gasteiger partial charge in [-0.15, -0.1) is 0 Å². The number of amides is 1. The minimum atomic E-state index is -0.0199. The summed E-state index contributed by atoms with van der Waals surface area (Å²) in [6.45, 7) is 4.57. The Morgan fingerprint density at radius 2 is 2.04 bits per heavy atom. The summed E-state index contributed by atoms with van der Waals surface area (Å²) in [5.41, 5.74) is 3.18. The van der Waals surface area contributed by atoms with Crippen LogP contribution in [0.25, 0.3) is 0 Å². The van der Waals surface area contributed by atoms with Gasteiger partial charge in [0.05, 0.1) is 25.5 Å². The minimum absolute atomic E-state index is 0.0199. The number of rotatable bonds is 5. The molecule has 144 valence electrons. The van der Waals surface area contributed by atoms with Crippen molar-refractivity contribution in [3.63, 3.8) is 0 Å². The molecule has 1 N–H and O–H groups in total. The topological polar surface area (TPSA) is 65.4 Å². The number of fused-ring (bicyclic) bond motifs is 1. The van der Waals surface area contributed by atoms with E-state index in [9.17, 15) is 4.79 Å². The molecule has 27 heavy (non-hydrogen) atoms. The van der Waals surface area contributed by atoms with Crippen molar-refractivity contribution in [1.29, 1.82) is 0 Å². The van der Waals surface area contributed by atoms with Crippen molar-refractivity contribution in [1.82, 2.24) is 9.78 Å². The molecule has 1 saturated carbocycles. The van der Waals surface area contributed by atoms with Gasteiger partial charge in [-0.05, 0) is 44.4 Å². The van der Waals surface area contributed by atoms with Crippen molar-refractivity contribution in [3.05, 3.63) is 35.0 Å². The average Bonchev–Trinajstić information content (AvgIpc) is 3.30. The number of nitrogens with zero attached hydrogens (tertiary/aromatic N) is 2. The Balaban J connectivity index is 1.76. The molecule has 6 nitrogen and oxygen atoms in total. The summed E-state index contributed by atoms with van der Waals surface area (Å²) >= 11 is 0. The summed E-state index contributed by atoms with van der Waals surface area (Å²) in [4.78, 5) is 12.5. The van der Waals surface area contributed by atoms with Gasteiger partial charge in [0.15, 0.2) is 11.5 Å². The van der Waals surface area contributed by atoms with E-state index in [0.717, 1.165) is 41.2 Å². The molecule has 1 unspecified atom stereocenters. The number of methoxy groups -OCH3 is 1. The monoisotopic (exact) mass is 369 g/mol. The number of hydrogen-bond donors (Lipinski definition) is 1. The second-order valence-electron chi connectivity index (χ2n) is 7.38. The maximum atomic E-state index is 12.5. The fourth-order valence-corrected chi connectivity index (χ4v) is 4.45. The Hall–Kier alpha value is -2.50. The molecule has 2 aromatic rings. The summed E-state index contributed by atoms with van der Waals surface area (Å²) in [5.74, 6) is 2.33. The molecule has 2 aliphatic rings. The molecule has 0 saturated heterocycles. The van der Waals surface area contributed by atoms with Gasteiger partial charge in [-0.25, -0.2) is 4.68 Å². The molecule has 1 aromatic carbocycles. The van der Waals surface area contributed by atoms with Crippen LogP contribution < -0.4 is 14.8 Å². The first kappa shape index (κ1) is 17.9. The van der Waals surface area contributed by atoms with Crippen LogP contribution in [-0.4, -0.2) is 29.4 Å². The van der Waals surface area contributed by atoms with E-state index in [0.29, 0.717) is 24.8 Å². The lowest BCUT2D eigenvalue weighted by molar-refractivity contribution is -0.116. The summed E-state index contributed by atoms with van der Waals surface area (Å²) in [6, 6.07) is 6.35. The van der Waals surface area contributed by atoms with Crippen LogP contribution in [-0.2, 0) is 4.79 Å². The van der Waals surface area contributed by atoms with Crippen LogP contribution in [0.5, 0.6) is 11.5 Å². The zero-order valence-electron chi connectivity index (χ0n) is 16.2. The SMILES string of the molecule is CCOc1ccc(C2CC(=O)Nc3c2c(C)nn3C2CCCC2)cc1OC. The standard InChI is InChI=1S/C21H27N3O3/c1-4-27-17-10-9-14(11-18(17)26-3)16-12-19(25)22-21-20(16)13(2)23-24(21)15-7-5-6-8-15/h9-11,15-16H,4-8,12H2,1-3H3,(H,22,25). The van der Waals surface area contributed by atoms with E-state index in [4.69, 9.17) is 14.6 Å². The molecule has 6 heteroatoms. The predicted octanol–water partition coefficient (Wildman–Crippen LogP) is 4.19.